The molecule has 0 aliphatic carbocycles. The lowest BCUT2D eigenvalue weighted by Gasteiger charge is -2.19. The molecular formula is C12H16F3N3O5. The number of alkyl halides is 3. The first-order valence-electron chi connectivity index (χ1n) is 6.64. The SMILES string of the molecule is CC(C)N1C(=O)C[C@H](NC(=O)CNC(=O)OCC(F)(F)F)C1=O. The van der Waals surface area contributed by atoms with Crippen LogP contribution in [0.25, 0.3) is 0 Å². The van der Waals surface area contributed by atoms with Crippen LogP contribution in [0.3, 0.4) is 0 Å². The van der Waals surface area contributed by atoms with E-state index in [1.807, 2.05) is 0 Å². The second-order valence-corrected chi connectivity index (χ2v) is 5.06. The molecule has 11 heteroatoms. The molecule has 0 radical (unpaired) electrons. The van der Waals surface area contributed by atoms with Gasteiger partial charge in [-0.25, -0.2) is 4.79 Å². The Balaban J connectivity index is 2.39. The summed E-state index contributed by atoms with van der Waals surface area (Å²) in [6.07, 6.45) is -6.30. The van der Waals surface area contributed by atoms with Crippen molar-refractivity contribution in [2.75, 3.05) is 13.2 Å². The van der Waals surface area contributed by atoms with Crippen LogP contribution in [0.1, 0.15) is 20.3 Å². The Kier molecular flexibility index (Phi) is 5.93. The molecule has 23 heavy (non-hydrogen) atoms. The van der Waals surface area contributed by atoms with Gasteiger partial charge in [0.2, 0.25) is 11.8 Å². The summed E-state index contributed by atoms with van der Waals surface area (Å²) < 4.78 is 39.3. The zero-order chi connectivity index (χ0) is 17.8. The quantitative estimate of drug-likeness (QED) is 0.682. The molecule has 0 saturated carbocycles. The van der Waals surface area contributed by atoms with E-state index in [1.165, 1.54) is 0 Å². The highest BCUT2D eigenvalue weighted by Gasteiger charge is 2.40. The van der Waals surface area contributed by atoms with E-state index in [0.29, 0.717) is 0 Å². The molecular weight excluding hydrogens is 323 g/mol. The number of carbonyl (C=O) groups excluding carboxylic acids is 4. The predicted octanol–water partition coefficient (Wildman–Crippen LogP) is -0.0730. The molecule has 1 fully saturated rings. The molecule has 8 nitrogen and oxygen atoms in total. The number of rotatable bonds is 5. The van der Waals surface area contributed by atoms with E-state index < -0.39 is 49.2 Å². The number of hydrogen-bond donors (Lipinski definition) is 2. The fraction of sp³-hybridized carbons (Fsp3) is 0.667. The Morgan fingerprint density at radius 3 is 2.43 bits per heavy atom. The number of hydrogen-bond acceptors (Lipinski definition) is 5. The van der Waals surface area contributed by atoms with Crippen molar-refractivity contribution >= 4 is 23.8 Å². The summed E-state index contributed by atoms with van der Waals surface area (Å²) in [6.45, 7) is 0.812. The Morgan fingerprint density at radius 2 is 1.96 bits per heavy atom. The van der Waals surface area contributed by atoms with Crippen LogP contribution < -0.4 is 10.6 Å². The van der Waals surface area contributed by atoms with E-state index in [-0.39, 0.29) is 12.5 Å². The summed E-state index contributed by atoms with van der Waals surface area (Å²) in [5.41, 5.74) is 0. The van der Waals surface area contributed by atoms with E-state index in [1.54, 1.807) is 19.2 Å². The van der Waals surface area contributed by atoms with Crippen molar-refractivity contribution < 1.29 is 37.1 Å². The minimum absolute atomic E-state index is 0.207. The third kappa shape index (κ3) is 5.75. The second kappa shape index (κ2) is 7.29. The number of amides is 4. The molecule has 0 spiro atoms. The lowest BCUT2D eigenvalue weighted by molar-refractivity contribution is -0.160. The highest BCUT2D eigenvalue weighted by atomic mass is 19.4. The van der Waals surface area contributed by atoms with Gasteiger partial charge in [0.05, 0.1) is 6.42 Å². The number of nitrogens with zero attached hydrogens (tertiary/aromatic N) is 1. The maximum Gasteiger partial charge on any atom is 0.422 e. The minimum Gasteiger partial charge on any atom is -0.440 e. The van der Waals surface area contributed by atoms with Gasteiger partial charge in [-0.3, -0.25) is 19.3 Å². The van der Waals surface area contributed by atoms with Gasteiger partial charge in [0.15, 0.2) is 6.61 Å². The van der Waals surface area contributed by atoms with Gasteiger partial charge in [-0.1, -0.05) is 0 Å². The third-order valence-electron chi connectivity index (χ3n) is 2.79. The van der Waals surface area contributed by atoms with Gasteiger partial charge in [0, 0.05) is 6.04 Å². The molecule has 0 aromatic carbocycles. The van der Waals surface area contributed by atoms with Gasteiger partial charge in [-0.05, 0) is 13.8 Å². The fourth-order valence-electron chi connectivity index (χ4n) is 1.90. The van der Waals surface area contributed by atoms with Crippen LogP contribution in [0.15, 0.2) is 0 Å². The second-order valence-electron chi connectivity index (χ2n) is 5.06. The summed E-state index contributed by atoms with van der Waals surface area (Å²) in [5.74, 6) is -1.84. The number of ether oxygens (including phenoxy) is 1. The van der Waals surface area contributed by atoms with Crippen LogP contribution in [0.4, 0.5) is 18.0 Å². The molecule has 1 aliphatic heterocycles. The largest absolute Gasteiger partial charge is 0.440 e. The number of nitrogens with one attached hydrogen (secondary N) is 2. The van der Waals surface area contributed by atoms with Gasteiger partial charge in [0.25, 0.3) is 5.91 Å². The molecule has 1 heterocycles. The van der Waals surface area contributed by atoms with Crippen molar-refractivity contribution in [1.29, 1.82) is 0 Å². The van der Waals surface area contributed by atoms with E-state index >= 15 is 0 Å². The van der Waals surface area contributed by atoms with Crippen LogP contribution in [0.2, 0.25) is 0 Å². The average Bonchev–Trinajstić information content (AvgIpc) is 2.68. The first-order valence-corrected chi connectivity index (χ1v) is 6.64. The number of halogens is 3. The molecule has 0 bridgehead atoms. The van der Waals surface area contributed by atoms with Gasteiger partial charge in [-0.2, -0.15) is 13.2 Å². The normalized spacial score (nSPS) is 18.3. The molecule has 130 valence electrons. The smallest absolute Gasteiger partial charge is 0.422 e. The van der Waals surface area contributed by atoms with E-state index in [4.69, 9.17) is 0 Å². The number of carbonyl (C=O) groups is 4. The summed E-state index contributed by atoms with van der Waals surface area (Å²) in [4.78, 5) is 47.0. The summed E-state index contributed by atoms with van der Waals surface area (Å²) in [6, 6.07) is -1.40. The highest BCUT2D eigenvalue weighted by molar-refractivity contribution is 6.07. The van der Waals surface area contributed by atoms with Crippen molar-refractivity contribution in [2.24, 2.45) is 0 Å². The molecule has 4 amide bonds. The van der Waals surface area contributed by atoms with Crippen LogP contribution >= 0.6 is 0 Å². The molecule has 1 saturated heterocycles. The monoisotopic (exact) mass is 339 g/mol. The lowest BCUT2D eigenvalue weighted by atomic mass is 10.2. The molecule has 0 aromatic rings. The molecule has 0 aromatic heterocycles. The maximum absolute atomic E-state index is 11.9. The Bertz CT molecular complexity index is 507. The van der Waals surface area contributed by atoms with Crippen molar-refractivity contribution in [3.05, 3.63) is 0 Å². The van der Waals surface area contributed by atoms with Gasteiger partial charge < -0.3 is 15.4 Å². The fourth-order valence-corrected chi connectivity index (χ4v) is 1.90. The molecule has 1 rings (SSSR count). The van der Waals surface area contributed by atoms with Gasteiger partial charge in [-0.15, -0.1) is 0 Å². The van der Waals surface area contributed by atoms with Crippen LogP contribution in [-0.4, -0.2) is 60.1 Å². The molecule has 0 unspecified atom stereocenters. The zero-order valence-electron chi connectivity index (χ0n) is 12.4. The minimum atomic E-state index is -4.67. The number of imide groups is 1. The standard InChI is InChI=1S/C12H16F3N3O5/c1-6(2)18-9(20)3-7(10(18)21)17-8(19)4-16-11(22)23-5-12(13,14)15/h6-7H,3-5H2,1-2H3,(H,16,22)(H,17,19)/t7-/m0/s1. The number of likely N-dealkylation sites (tertiary alicyclic amines) is 1. The van der Waals surface area contributed by atoms with Crippen molar-refractivity contribution in [3.8, 4) is 0 Å². The number of alkyl carbamates (subject to hydrolysis) is 1. The van der Waals surface area contributed by atoms with Gasteiger partial charge >= 0.3 is 12.3 Å². The zero-order valence-corrected chi connectivity index (χ0v) is 12.4. The first kappa shape index (κ1) is 18.7. The van der Waals surface area contributed by atoms with Crippen molar-refractivity contribution in [3.63, 3.8) is 0 Å². The van der Waals surface area contributed by atoms with Crippen LogP contribution in [0.5, 0.6) is 0 Å². The summed E-state index contributed by atoms with van der Waals surface area (Å²) in [7, 11) is 0. The first-order chi connectivity index (χ1) is 10.5. The Morgan fingerprint density at radius 1 is 1.35 bits per heavy atom. The average molecular weight is 339 g/mol. The van der Waals surface area contributed by atoms with Crippen molar-refractivity contribution in [1.82, 2.24) is 15.5 Å². The lowest BCUT2D eigenvalue weighted by Crippen LogP contribution is -2.47. The maximum atomic E-state index is 11.9. The predicted molar refractivity (Wildman–Crippen MR) is 68.9 cm³/mol. The van der Waals surface area contributed by atoms with Crippen molar-refractivity contribution in [2.45, 2.75) is 38.5 Å². The summed E-state index contributed by atoms with van der Waals surface area (Å²) in [5, 5.41) is 4.03. The third-order valence-corrected chi connectivity index (χ3v) is 2.79. The Labute approximate surface area is 129 Å². The molecule has 1 atom stereocenters. The topological polar surface area (TPSA) is 105 Å². The van der Waals surface area contributed by atoms with Gasteiger partial charge in [0.1, 0.15) is 12.6 Å². The molecule has 2 N–H and O–H groups in total. The van der Waals surface area contributed by atoms with E-state index in [0.717, 1.165) is 4.90 Å². The highest BCUT2D eigenvalue weighted by Crippen LogP contribution is 2.16. The Hall–Kier alpha value is -2.33. The van der Waals surface area contributed by atoms with Crippen LogP contribution in [-0.2, 0) is 19.1 Å². The van der Waals surface area contributed by atoms with E-state index in [9.17, 15) is 32.3 Å². The van der Waals surface area contributed by atoms with E-state index in [2.05, 4.69) is 10.1 Å². The molecule has 1 aliphatic rings. The van der Waals surface area contributed by atoms with Crippen LogP contribution in [0, 0.1) is 0 Å². The summed E-state index contributed by atoms with van der Waals surface area (Å²) >= 11 is 0.